The van der Waals surface area contributed by atoms with Crippen LogP contribution in [-0.2, 0) is 12.3 Å². The second kappa shape index (κ2) is 8.73. The van der Waals surface area contributed by atoms with Gasteiger partial charge in [0.15, 0.2) is 5.16 Å². The van der Waals surface area contributed by atoms with Crippen molar-refractivity contribution in [2.24, 2.45) is 0 Å². The summed E-state index contributed by atoms with van der Waals surface area (Å²) in [5.41, 5.74) is 0.606. The molecule has 0 saturated carbocycles. The first kappa shape index (κ1) is 20.2. The van der Waals surface area contributed by atoms with Gasteiger partial charge in [-0.1, -0.05) is 59.8 Å². The summed E-state index contributed by atoms with van der Waals surface area (Å²) in [7, 11) is 0. The van der Waals surface area contributed by atoms with Crippen LogP contribution in [-0.4, -0.2) is 20.7 Å². The molecular weight excluding hydrogens is 424 g/mol. The van der Waals surface area contributed by atoms with Gasteiger partial charge in [0.1, 0.15) is 11.1 Å². The van der Waals surface area contributed by atoms with Gasteiger partial charge in [-0.2, -0.15) is 0 Å². The number of carbonyl (C=O) groups excluding carboxylic acids is 1. The van der Waals surface area contributed by atoms with Crippen LogP contribution >= 0.6 is 23.4 Å². The predicted molar refractivity (Wildman–Crippen MR) is 117 cm³/mol. The molecule has 0 saturated heterocycles. The molecule has 4 aromatic rings. The summed E-state index contributed by atoms with van der Waals surface area (Å²) in [6.07, 6.45) is 0. The molecule has 0 fully saturated rings. The van der Waals surface area contributed by atoms with E-state index in [-0.39, 0.29) is 11.5 Å². The van der Waals surface area contributed by atoms with E-state index in [0.717, 1.165) is 5.56 Å². The second-order valence-electron chi connectivity index (χ2n) is 6.37. The lowest BCUT2D eigenvalue weighted by Gasteiger charge is -2.09. The standard InChI is InChI=1S/C21H17ClN4O3S/c1-2-26-20(24-25-21(26)30-12-14-8-3-5-9-16(14)22)23-18(27)15-11-13-7-4-6-10-17(13)29-19(15)28/h3-11H,2,12H2,1H3,(H,23,24,27). The highest BCUT2D eigenvalue weighted by Gasteiger charge is 2.18. The number of thioether (sulfide) groups is 1. The monoisotopic (exact) mass is 440 g/mol. The largest absolute Gasteiger partial charge is 0.422 e. The molecule has 0 atom stereocenters. The molecule has 0 aliphatic carbocycles. The minimum atomic E-state index is -0.706. The summed E-state index contributed by atoms with van der Waals surface area (Å²) in [5.74, 6) is 0.274. The lowest BCUT2D eigenvalue weighted by Crippen LogP contribution is -2.22. The number of rotatable bonds is 6. The lowest BCUT2D eigenvalue weighted by atomic mass is 10.2. The van der Waals surface area contributed by atoms with Crippen molar-refractivity contribution >= 4 is 46.2 Å². The first-order valence-electron chi connectivity index (χ1n) is 9.20. The van der Waals surface area contributed by atoms with Crippen LogP contribution in [0.3, 0.4) is 0 Å². The van der Waals surface area contributed by atoms with E-state index >= 15 is 0 Å². The second-order valence-corrected chi connectivity index (χ2v) is 7.72. The average Bonchev–Trinajstić information content (AvgIpc) is 3.13. The van der Waals surface area contributed by atoms with E-state index in [1.54, 1.807) is 28.8 Å². The molecule has 0 unspecified atom stereocenters. The molecule has 0 aliphatic rings. The van der Waals surface area contributed by atoms with Crippen molar-refractivity contribution < 1.29 is 9.21 Å². The Labute approximate surface area is 181 Å². The summed E-state index contributed by atoms with van der Waals surface area (Å²) >= 11 is 7.67. The van der Waals surface area contributed by atoms with E-state index in [9.17, 15) is 9.59 Å². The molecule has 1 N–H and O–H groups in total. The SMILES string of the molecule is CCn1c(NC(=O)c2cc3ccccc3oc2=O)nnc1SCc1ccccc1Cl. The number of para-hydroxylation sites is 1. The first-order chi connectivity index (χ1) is 14.6. The number of hydrogen-bond acceptors (Lipinski definition) is 6. The molecule has 2 aromatic carbocycles. The molecule has 152 valence electrons. The summed E-state index contributed by atoms with van der Waals surface area (Å²) in [5, 5.41) is 12.9. The number of nitrogens with one attached hydrogen (secondary N) is 1. The summed E-state index contributed by atoms with van der Waals surface area (Å²) in [6.45, 7) is 2.46. The number of anilines is 1. The number of aromatic nitrogens is 3. The molecule has 4 rings (SSSR count). The molecule has 9 heteroatoms. The fraction of sp³-hybridized carbons (Fsp3) is 0.143. The van der Waals surface area contributed by atoms with Crippen molar-refractivity contribution in [2.45, 2.75) is 24.4 Å². The van der Waals surface area contributed by atoms with E-state index < -0.39 is 11.5 Å². The Kier molecular flexibility index (Phi) is 5.87. The van der Waals surface area contributed by atoms with Crippen molar-refractivity contribution in [1.82, 2.24) is 14.8 Å². The maximum absolute atomic E-state index is 12.7. The Hall–Kier alpha value is -3.10. The lowest BCUT2D eigenvalue weighted by molar-refractivity contribution is 0.102. The van der Waals surface area contributed by atoms with Gasteiger partial charge < -0.3 is 4.42 Å². The molecule has 0 bridgehead atoms. The number of benzene rings is 2. The smallest absolute Gasteiger partial charge is 0.349 e. The molecule has 0 aliphatic heterocycles. The Morgan fingerprint density at radius 1 is 1.17 bits per heavy atom. The van der Waals surface area contributed by atoms with Crippen LogP contribution in [0.5, 0.6) is 0 Å². The number of hydrogen-bond donors (Lipinski definition) is 1. The zero-order valence-corrected chi connectivity index (χ0v) is 17.5. The molecule has 0 spiro atoms. The van der Waals surface area contributed by atoms with Gasteiger partial charge in [0, 0.05) is 22.7 Å². The van der Waals surface area contributed by atoms with Crippen LogP contribution in [0.2, 0.25) is 5.02 Å². The third kappa shape index (κ3) is 4.10. The van der Waals surface area contributed by atoms with Gasteiger partial charge in [-0.05, 0) is 30.7 Å². The molecule has 1 amide bonds. The van der Waals surface area contributed by atoms with Crippen LogP contribution in [0.1, 0.15) is 22.8 Å². The number of fused-ring (bicyclic) bond motifs is 1. The Morgan fingerprint density at radius 3 is 2.73 bits per heavy atom. The van der Waals surface area contributed by atoms with E-state index in [1.165, 1.54) is 17.8 Å². The molecular formula is C21H17ClN4O3S. The van der Waals surface area contributed by atoms with Gasteiger partial charge in [0.05, 0.1) is 0 Å². The van der Waals surface area contributed by atoms with Crippen LogP contribution in [0.25, 0.3) is 11.0 Å². The van der Waals surface area contributed by atoms with Gasteiger partial charge in [-0.3, -0.25) is 14.7 Å². The van der Waals surface area contributed by atoms with Crippen molar-refractivity contribution in [3.05, 3.63) is 81.2 Å². The third-order valence-corrected chi connectivity index (χ3v) is 5.84. The summed E-state index contributed by atoms with van der Waals surface area (Å²) in [4.78, 5) is 24.9. The fourth-order valence-electron chi connectivity index (χ4n) is 2.92. The third-order valence-electron chi connectivity index (χ3n) is 4.46. The Morgan fingerprint density at radius 2 is 1.93 bits per heavy atom. The minimum Gasteiger partial charge on any atom is -0.422 e. The molecule has 0 radical (unpaired) electrons. The first-order valence-corrected chi connectivity index (χ1v) is 10.6. The Balaban J connectivity index is 1.55. The van der Waals surface area contributed by atoms with E-state index in [4.69, 9.17) is 16.0 Å². The molecule has 2 heterocycles. The van der Waals surface area contributed by atoms with E-state index in [0.29, 0.717) is 33.4 Å². The maximum Gasteiger partial charge on any atom is 0.349 e. The van der Waals surface area contributed by atoms with Crippen molar-refractivity contribution in [2.75, 3.05) is 5.32 Å². The Bertz CT molecular complexity index is 1280. The molecule has 2 aromatic heterocycles. The zero-order valence-electron chi connectivity index (χ0n) is 16.0. The average molecular weight is 441 g/mol. The van der Waals surface area contributed by atoms with Gasteiger partial charge in [0.2, 0.25) is 5.95 Å². The van der Waals surface area contributed by atoms with Crippen molar-refractivity contribution in [3.63, 3.8) is 0 Å². The highest BCUT2D eigenvalue weighted by Crippen LogP contribution is 2.27. The molecule has 30 heavy (non-hydrogen) atoms. The minimum absolute atomic E-state index is 0.0929. The van der Waals surface area contributed by atoms with Crippen molar-refractivity contribution in [3.8, 4) is 0 Å². The molecule has 7 nitrogen and oxygen atoms in total. The van der Waals surface area contributed by atoms with E-state index in [1.807, 2.05) is 31.2 Å². The van der Waals surface area contributed by atoms with Gasteiger partial charge >= 0.3 is 5.63 Å². The van der Waals surface area contributed by atoms with Gasteiger partial charge in [0.25, 0.3) is 5.91 Å². The number of carbonyl (C=O) groups is 1. The van der Waals surface area contributed by atoms with Crippen molar-refractivity contribution in [1.29, 1.82) is 0 Å². The summed E-state index contributed by atoms with van der Waals surface area (Å²) < 4.78 is 7.00. The predicted octanol–water partition coefficient (Wildman–Crippen LogP) is 4.60. The summed E-state index contributed by atoms with van der Waals surface area (Å²) in [6, 6.07) is 16.1. The highest BCUT2D eigenvalue weighted by atomic mass is 35.5. The van der Waals surface area contributed by atoms with Crippen LogP contribution in [0, 0.1) is 0 Å². The quantitative estimate of drug-likeness (QED) is 0.348. The van der Waals surface area contributed by atoms with Crippen LogP contribution < -0.4 is 10.9 Å². The topological polar surface area (TPSA) is 90.0 Å². The van der Waals surface area contributed by atoms with Crippen LogP contribution in [0.15, 0.2) is 69.0 Å². The maximum atomic E-state index is 12.7. The highest BCUT2D eigenvalue weighted by molar-refractivity contribution is 7.98. The zero-order chi connectivity index (χ0) is 21.1. The van der Waals surface area contributed by atoms with E-state index in [2.05, 4.69) is 15.5 Å². The fourth-order valence-corrected chi connectivity index (χ4v) is 4.21. The number of halogens is 1. The number of amides is 1. The van der Waals surface area contributed by atoms with Gasteiger partial charge in [-0.25, -0.2) is 4.79 Å². The van der Waals surface area contributed by atoms with Gasteiger partial charge in [-0.15, -0.1) is 10.2 Å². The number of nitrogens with zero attached hydrogens (tertiary/aromatic N) is 3. The van der Waals surface area contributed by atoms with Crippen LogP contribution in [0.4, 0.5) is 5.95 Å². The normalized spacial score (nSPS) is 11.0.